The molecule has 3 heterocycles. The second kappa shape index (κ2) is 7.31. The standard InChI is InChI=1S/C18H19F3N4O/c1-13-9-14(12-22-11-13)17(26)25-6-2-5-24(7-8-25)15-3-4-23-16(10-15)18(19,20)21/h3-4,9-12H,2,5-8H2,1H3. The zero-order chi connectivity index (χ0) is 18.7. The van der Waals surface area contributed by atoms with Crippen molar-refractivity contribution in [1.82, 2.24) is 14.9 Å². The van der Waals surface area contributed by atoms with E-state index in [0.717, 1.165) is 11.6 Å². The van der Waals surface area contributed by atoms with Crippen LogP contribution in [0.4, 0.5) is 18.9 Å². The van der Waals surface area contributed by atoms with E-state index in [2.05, 4.69) is 9.97 Å². The zero-order valence-corrected chi connectivity index (χ0v) is 14.3. The fourth-order valence-electron chi connectivity index (χ4n) is 3.00. The SMILES string of the molecule is Cc1cncc(C(=O)N2CCCN(c3ccnc(C(F)(F)F)c3)CC2)c1. The van der Waals surface area contributed by atoms with Crippen LogP contribution in [-0.4, -0.2) is 47.0 Å². The predicted molar refractivity (Wildman–Crippen MR) is 90.9 cm³/mol. The molecule has 1 aliphatic rings. The molecule has 5 nitrogen and oxygen atoms in total. The summed E-state index contributed by atoms with van der Waals surface area (Å²) < 4.78 is 38.6. The summed E-state index contributed by atoms with van der Waals surface area (Å²) in [5.41, 5.74) is 1.00. The van der Waals surface area contributed by atoms with Crippen molar-refractivity contribution in [2.75, 3.05) is 31.1 Å². The largest absolute Gasteiger partial charge is 0.433 e. The quantitative estimate of drug-likeness (QED) is 0.821. The lowest BCUT2D eigenvalue weighted by Gasteiger charge is -2.24. The van der Waals surface area contributed by atoms with Gasteiger partial charge >= 0.3 is 6.18 Å². The van der Waals surface area contributed by atoms with Crippen LogP contribution in [0, 0.1) is 6.92 Å². The van der Waals surface area contributed by atoms with E-state index in [0.29, 0.717) is 43.9 Å². The van der Waals surface area contributed by atoms with Crippen molar-refractivity contribution >= 4 is 11.6 Å². The predicted octanol–water partition coefficient (Wildman–Crippen LogP) is 3.16. The highest BCUT2D eigenvalue weighted by Gasteiger charge is 2.33. The number of aromatic nitrogens is 2. The molecule has 1 fully saturated rings. The lowest BCUT2D eigenvalue weighted by molar-refractivity contribution is -0.141. The van der Waals surface area contributed by atoms with Crippen LogP contribution in [0.1, 0.15) is 28.0 Å². The molecule has 8 heteroatoms. The number of amides is 1. The number of rotatable bonds is 2. The van der Waals surface area contributed by atoms with Gasteiger partial charge in [-0.2, -0.15) is 13.2 Å². The molecule has 2 aromatic heterocycles. The molecule has 0 unspecified atom stereocenters. The maximum absolute atomic E-state index is 12.9. The first-order valence-electron chi connectivity index (χ1n) is 8.34. The van der Waals surface area contributed by atoms with Gasteiger partial charge in [-0.05, 0) is 37.1 Å². The summed E-state index contributed by atoms with van der Waals surface area (Å²) in [6, 6.07) is 4.41. The topological polar surface area (TPSA) is 49.3 Å². The monoisotopic (exact) mass is 364 g/mol. The Kier molecular flexibility index (Phi) is 5.11. The molecule has 1 saturated heterocycles. The number of carbonyl (C=O) groups is 1. The van der Waals surface area contributed by atoms with Crippen molar-refractivity contribution in [3.63, 3.8) is 0 Å². The van der Waals surface area contributed by atoms with E-state index in [9.17, 15) is 18.0 Å². The summed E-state index contributed by atoms with van der Waals surface area (Å²) in [5.74, 6) is -0.103. The number of carbonyl (C=O) groups excluding carboxylic acids is 1. The van der Waals surface area contributed by atoms with Gasteiger partial charge in [0.2, 0.25) is 0 Å². The fourth-order valence-corrected chi connectivity index (χ4v) is 3.00. The van der Waals surface area contributed by atoms with Gasteiger partial charge in [0.25, 0.3) is 5.91 Å². The Labute approximate surface area is 149 Å². The van der Waals surface area contributed by atoms with Gasteiger partial charge in [-0.3, -0.25) is 14.8 Å². The molecule has 1 amide bonds. The molecule has 2 aromatic rings. The molecule has 0 aliphatic carbocycles. The maximum atomic E-state index is 12.9. The van der Waals surface area contributed by atoms with Crippen LogP contribution in [0.2, 0.25) is 0 Å². The van der Waals surface area contributed by atoms with Crippen LogP contribution in [0.15, 0.2) is 36.8 Å². The summed E-state index contributed by atoms with van der Waals surface area (Å²) in [6.45, 7) is 3.91. The van der Waals surface area contributed by atoms with E-state index in [1.165, 1.54) is 12.4 Å². The Morgan fingerprint density at radius 2 is 1.92 bits per heavy atom. The van der Waals surface area contributed by atoms with Crippen molar-refractivity contribution in [3.05, 3.63) is 53.6 Å². The van der Waals surface area contributed by atoms with Crippen molar-refractivity contribution in [2.45, 2.75) is 19.5 Å². The molecule has 0 spiro atoms. The van der Waals surface area contributed by atoms with Gasteiger partial charge in [0.1, 0.15) is 5.69 Å². The highest BCUT2D eigenvalue weighted by molar-refractivity contribution is 5.94. The highest BCUT2D eigenvalue weighted by atomic mass is 19.4. The minimum absolute atomic E-state index is 0.103. The lowest BCUT2D eigenvalue weighted by Crippen LogP contribution is -2.35. The van der Waals surface area contributed by atoms with E-state index < -0.39 is 11.9 Å². The van der Waals surface area contributed by atoms with Crippen LogP contribution in [0.3, 0.4) is 0 Å². The van der Waals surface area contributed by atoms with Gasteiger partial charge in [0.15, 0.2) is 0 Å². The second-order valence-corrected chi connectivity index (χ2v) is 6.28. The minimum Gasteiger partial charge on any atom is -0.370 e. The van der Waals surface area contributed by atoms with Crippen LogP contribution in [0.5, 0.6) is 0 Å². The summed E-state index contributed by atoms with van der Waals surface area (Å²) >= 11 is 0. The fraction of sp³-hybridized carbons (Fsp3) is 0.389. The average molecular weight is 364 g/mol. The second-order valence-electron chi connectivity index (χ2n) is 6.28. The van der Waals surface area contributed by atoms with Gasteiger partial charge in [0.05, 0.1) is 5.56 Å². The Hall–Kier alpha value is -2.64. The third-order valence-corrected chi connectivity index (χ3v) is 4.30. The molecule has 138 valence electrons. The van der Waals surface area contributed by atoms with Crippen LogP contribution in [0.25, 0.3) is 0 Å². The Morgan fingerprint density at radius 1 is 1.12 bits per heavy atom. The molecule has 0 N–H and O–H groups in total. The van der Waals surface area contributed by atoms with E-state index in [1.807, 2.05) is 11.8 Å². The van der Waals surface area contributed by atoms with Crippen LogP contribution >= 0.6 is 0 Å². The van der Waals surface area contributed by atoms with Crippen LogP contribution < -0.4 is 4.90 Å². The van der Waals surface area contributed by atoms with Gasteiger partial charge in [0, 0.05) is 50.5 Å². The first kappa shape index (κ1) is 18.2. The van der Waals surface area contributed by atoms with Crippen molar-refractivity contribution in [3.8, 4) is 0 Å². The number of aryl methyl sites for hydroxylation is 1. The number of pyridine rings is 2. The molecule has 3 rings (SSSR count). The molecule has 0 bridgehead atoms. The number of alkyl halides is 3. The molecular formula is C18H19F3N4O. The smallest absolute Gasteiger partial charge is 0.370 e. The molecule has 0 atom stereocenters. The lowest BCUT2D eigenvalue weighted by atomic mass is 10.2. The molecule has 0 aromatic carbocycles. The first-order chi connectivity index (χ1) is 12.3. The van der Waals surface area contributed by atoms with Gasteiger partial charge < -0.3 is 9.80 Å². The first-order valence-corrected chi connectivity index (χ1v) is 8.34. The zero-order valence-electron chi connectivity index (χ0n) is 14.3. The Morgan fingerprint density at radius 3 is 2.65 bits per heavy atom. The van der Waals surface area contributed by atoms with Crippen LogP contribution in [-0.2, 0) is 6.18 Å². The third-order valence-electron chi connectivity index (χ3n) is 4.30. The van der Waals surface area contributed by atoms with Crippen molar-refractivity contribution < 1.29 is 18.0 Å². The van der Waals surface area contributed by atoms with Crippen molar-refractivity contribution in [2.24, 2.45) is 0 Å². The van der Waals surface area contributed by atoms with Gasteiger partial charge in [-0.15, -0.1) is 0 Å². The Bertz CT molecular complexity index is 794. The molecular weight excluding hydrogens is 345 g/mol. The maximum Gasteiger partial charge on any atom is 0.433 e. The number of nitrogens with zero attached hydrogens (tertiary/aromatic N) is 4. The number of hydrogen-bond acceptors (Lipinski definition) is 4. The summed E-state index contributed by atoms with van der Waals surface area (Å²) in [6.07, 6.45) is 0.597. The number of anilines is 1. The summed E-state index contributed by atoms with van der Waals surface area (Å²) in [5, 5.41) is 0. The van der Waals surface area contributed by atoms with E-state index in [1.54, 1.807) is 23.2 Å². The third kappa shape index (κ3) is 4.12. The van der Waals surface area contributed by atoms with Gasteiger partial charge in [-0.1, -0.05) is 0 Å². The van der Waals surface area contributed by atoms with E-state index in [-0.39, 0.29) is 5.91 Å². The minimum atomic E-state index is -4.47. The normalized spacial score (nSPS) is 15.7. The van der Waals surface area contributed by atoms with E-state index >= 15 is 0 Å². The van der Waals surface area contributed by atoms with Gasteiger partial charge in [-0.25, -0.2) is 0 Å². The molecule has 26 heavy (non-hydrogen) atoms. The average Bonchev–Trinajstić information content (AvgIpc) is 2.87. The Balaban J connectivity index is 1.72. The molecule has 1 aliphatic heterocycles. The highest BCUT2D eigenvalue weighted by Crippen LogP contribution is 2.30. The number of hydrogen-bond donors (Lipinski definition) is 0. The number of halogens is 3. The summed E-state index contributed by atoms with van der Waals surface area (Å²) in [4.78, 5) is 23.7. The van der Waals surface area contributed by atoms with Crippen molar-refractivity contribution in [1.29, 1.82) is 0 Å². The van der Waals surface area contributed by atoms with E-state index in [4.69, 9.17) is 0 Å². The molecule has 0 saturated carbocycles. The molecule has 0 radical (unpaired) electrons. The summed E-state index contributed by atoms with van der Waals surface area (Å²) in [7, 11) is 0.